The highest BCUT2D eigenvalue weighted by atomic mass is 28.3. The highest BCUT2D eigenvalue weighted by Gasteiger charge is 2.33. The molecule has 0 heterocycles. The second-order valence-electron chi connectivity index (χ2n) is 4.49. The molecule has 0 spiro atoms. The summed E-state index contributed by atoms with van der Waals surface area (Å²) in [5.74, 6) is -0.139. The molecule has 0 rings (SSSR count). The molecule has 0 bridgehead atoms. The third-order valence-corrected chi connectivity index (χ3v) is 5.61. The number of hydrogen-bond donors (Lipinski definition) is 0. The molecule has 82 valence electrons. The zero-order valence-corrected chi connectivity index (χ0v) is 10.9. The Morgan fingerprint density at radius 3 is 2.07 bits per heavy atom. The van der Waals surface area contributed by atoms with Crippen molar-refractivity contribution in [2.45, 2.75) is 58.7 Å². The predicted octanol–water partition coefficient (Wildman–Crippen LogP) is 2.97. The van der Waals surface area contributed by atoms with Crippen LogP contribution in [0.2, 0.25) is 19.1 Å². The van der Waals surface area contributed by atoms with Crippen molar-refractivity contribution in [2.24, 2.45) is 0 Å². The van der Waals surface area contributed by atoms with E-state index in [1.807, 2.05) is 20.0 Å². The van der Waals surface area contributed by atoms with Gasteiger partial charge in [-0.15, -0.1) is 0 Å². The molecule has 0 atom stereocenters. The van der Waals surface area contributed by atoms with Gasteiger partial charge in [0, 0.05) is 6.42 Å². The van der Waals surface area contributed by atoms with Crippen LogP contribution in [0.3, 0.4) is 0 Å². The van der Waals surface area contributed by atoms with Gasteiger partial charge < -0.3 is 0 Å². The lowest BCUT2D eigenvalue weighted by molar-refractivity contribution is -0.132. The molecule has 0 aromatic heterocycles. The third kappa shape index (κ3) is 4.18. The van der Waals surface area contributed by atoms with Crippen molar-refractivity contribution in [2.75, 3.05) is 0 Å². The van der Waals surface area contributed by atoms with E-state index in [1.165, 1.54) is 0 Å². The lowest BCUT2D eigenvalue weighted by Gasteiger charge is -2.18. The quantitative estimate of drug-likeness (QED) is 0.482. The second-order valence-corrected chi connectivity index (χ2v) is 9.21. The van der Waals surface area contributed by atoms with Crippen LogP contribution in [-0.4, -0.2) is 19.3 Å². The Hall–Kier alpha value is -0.443. The fraction of sp³-hybridized carbons (Fsp3) is 0.818. The highest BCUT2D eigenvalue weighted by molar-refractivity contribution is 7.12. The minimum absolute atomic E-state index is 0.0483. The highest BCUT2D eigenvalue weighted by Crippen LogP contribution is 2.16. The zero-order chi connectivity index (χ0) is 11.2. The average molecular weight is 214 g/mol. The van der Waals surface area contributed by atoms with Crippen molar-refractivity contribution in [1.29, 1.82) is 0 Å². The van der Waals surface area contributed by atoms with Gasteiger partial charge in [-0.05, 0) is 6.42 Å². The summed E-state index contributed by atoms with van der Waals surface area (Å²) >= 11 is 0. The summed E-state index contributed by atoms with van der Waals surface area (Å²) in [5.41, 5.74) is 0. The smallest absolute Gasteiger partial charge is 0.193 e. The van der Waals surface area contributed by atoms with Gasteiger partial charge in [0.2, 0.25) is 0 Å². The molecule has 0 saturated carbocycles. The lowest BCUT2D eigenvalue weighted by atomic mass is 10.2. The molecule has 0 saturated heterocycles. The molecule has 0 aliphatic rings. The Balaban J connectivity index is 4.26. The molecule has 0 amide bonds. The Labute approximate surface area is 88.1 Å². The Bertz CT molecular complexity index is 209. The fourth-order valence-corrected chi connectivity index (χ4v) is 3.79. The summed E-state index contributed by atoms with van der Waals surface area (Å²) in [4.78, 5) is 23.2. The van der Waals surface area contributed by atoms with E-state index in [1.54, 1.807) is 0 Å². The summed E-state index contributed by atoms with van der Waals surface area (Å²) < 4.78 is 0. The molecule has 0 radical (unpaired) electrons. The number of Topliss-reactive ketones (excluding diaryl/α,β-unsaturated/α-hetero) is 1. The molecule has 0 aliphatic carbocycles. The van der Waals surface area contributed by atoms with Crippen LogP contribution in [-0.2, 0) is 9.59 Å². The van der Waals surface area contributed by atoms with Gasteiger partial charge in [0.15, 0.2) is 11.2 Å². The van der Waals surface area contributed by atoms with Crippen molar-refractivity contribution in [3.63, 3.8) is 0 Å². The van der Waals surface area contributed by atoms with Gasteiger partial charge in [-0.25, -0.2) is 0 Å². The van der Waals surface area contributed by atoms with Gasteiger partial charge in [-0.3, -0.25) is 9.59 Å². The van der Waals surface area contributed by atoms with Crippen molar-refractivity contribution in [1.82, 2.24) is 0 Å². The number of unbranched alkanes of at least 4 members (excludes halogenated alkanes) is 1. The first-order valence-corrected chi connectivity index (χ1v) is 8.74. The van der Waals surface area contributed by atoms with Gasteiger partial charge in [-0.1, -0.05) is 45.8 Å². The van der Waals surface area contributed by atoms with Gasteiger partial charge in [-0.2, -0.15) is 0 Å². The largest absolute Gasteiger partial charge is 0.297 e. The van der Waals surface area contributed by atoms with E-state index in [0.29, 0.717) is 6.42 Å². The van der Waals surface area contributed by atoms with Crippen LogP contribution < -0.4 is 0 Å². The molecule has 3 heteroatoms. The van der Waals surface area contributed by atoms with Crippen LogP contribution in [0.1, 0.15) is 39.5 Å². The first-order valence-electron chi connectivity index (χ1n) is 5.53. The third-order valence-electron chi connectivity index (χ3n) is 2.50. The number of carbonyl (C=O) groups excluding carboxylic acids is 2. The normalized spacial score (nSPS) is 11.4. The van der Waals surface area contributed by atoms with Gasteiger partial charge in [0.1, 0.15) is 8.07 Å². The summed E-state index contributed by atoms with van der Waals surface area (Å²) in [5, 5.41) is -0.0483. The Morgan fingerprint density at radius 1 is 1.07 bits per heavy atom. The van der Waals surface area contributed by atoms with E-state index in [-0.39, 0.29) is 11.2 Å². The lowest BCUT2D eigenvalue weighted by Crippen LogP contribution is -2.42. The van der Waals surface area contributed by atoms with E-state index in [9.17, 15) is 9.59 Å². The van der Waals surface area contributed by atoms with Crippen molar-refractivity contribution < 1.29 is 9.59 Å². The molecule has 0 aromatic rings. The van der Waals surface area contributed by atoms with E-state index in [2.05, 4.69) is 6.92 Å². The number of rotatable bonds is 7. The summed E-state index contributed by atoms with van der Waals surface area (Å²) in [6, 6.07) is 0.956. The molecular weight excluding hydrogens is 192 g/mol. The average Bonchev–Trinajstić information content (AvgIpc) is 2.14. The molecule has 2 nitrogen and oxygen atoms in total. The first kappa shape index (κ1) is 13.6. The monoisotopic (exact) mass is 214 g/mol. The van der Waals surface area contributed by atoms with Crippen molar-refractivity contribution in [3.05, 3.63) is 0 Å². The van der Waals surface area contributed by atoms with Crippen LogP contribution in [0.4, 0.5) is 0 Å². The van der Waals surface area contributed by atoms with Crippen LogP contribution in [0, 0.1) is 0 Å². The first-order chi connectivity index (χ1) is 6.45. The van der Waals surface area contributed by atoms with Crippen LogP contribution in [0.15, 0.2) is 0 Å². The van der Waals surface area contributed by atoms with Crippen molar-refractivity contribution in [3.8, 4) is 0 Å². The Morgan fingerprint density at radius 2 is 1.64 bits per heavy atom. The topological polar surface area (TPSA) is 34.1 Å². The number of ketones is 1. The van der Waals surface area contributed by atoms with Gasteiger partial charge in [0.05, 0.1) is 0 Å². The minimum Gasteiger partial charge on any atom is -0.297 e. The maximum Gasteiger partial charge on any atom is 0.193 e. The summed E-state index contributed by atoms with van der Waals surface area (Å²) in [6.07, 6.45) is 3.39. The number of hydrogen-bond acceptors (Lipinski definition) is 2. The van der Waals surface area contributed by atoms with Crippen LogP contribution in [0.25, 0.3) is 0 Å². The molecule has 0 unspecified atom stereocenters. The minimum atomic E-state index is -1.92. The molecule has 14 heavy (non-hydrogen) atoms. The van der Waals surface area contributed by atoms with E-state index < -0.39 is 8.07 Å². The standard InChI is InChI=1S/C11H22O2Si/c1-5-7-9-14(3,4)11(13)10(12)8-6-2/h5-9H2,1-4H3. The maximum atomic E-state index is 11.8. The molecule has 0 aliphatic heterocycles. The maximum absolute atomic E-state index is 11.8. The number of carbonyl (C=O) groups is 2. The Kier molecular flexibility index (Phi) is 5.92. The van der Waals surface area contributed by atoms with E-state index >= 15 is 0 Å². The molecule has 0 fully saturated rings. The van der Waals surface area contributed by atoms with Gasteiger partial charge >= 0.3 is 0 Å². The van der Waals surface area contributed by atoms with E-state index in [4.69, 9.17) is 0 Å². The molecule has 0 aromatic carbocycles. The van der Waals surface area contributed by atoms with Crippen molar-refractivity contribution >= 4 is 19.3 Å². The zero-order valence-electron chi connectivity index (χ0n) is 9.85. The molecule has 0 N–H and O–H groups in total. The second kappa shape index (κ2) is 6.12. The van der Waals surface area contributed by atoms with Crippen LogP contribution >= 0.6 is 0 Å². The van der Waals surface area contributed by atoms with Gasteiger partial charge in [0.25, 0.3) is 0 Å². The molecular formula is C11H22O2Si. The van der Waals surface area contributed by atoms with Crippen LogP contribution in [0.5, 0.6) is 0 Å². The summed E-state index contributed by atoms with van der Waals surface area (Å²) in [7, 11) is -1.92. The predicted molar refractivity (Wildman–Crippen MR) is 62.1 cm³/mol. The van der Waals surface area contributed by atoms with E-state index in [0.717, 1.165) is 25.3 Å². The fourth-order valence-electron chi connectivity index (χ4n) is 1.45. The summed E-state index contributed by atoms with van der Waals surface area (Å²) in [6.45, 7) is 8.08. The SMILES string of the molecule is CCCC[Si](C)(C)C(=O)C(=O)CCC.